The van der Waals surface area contributed by atoms with Crippen molar-refractivity contribution in [2.24, 2.45) is 0 Å². The molecule has 6 nitrogen and oxygen atoms in total. The zero-order valence-corrected chi connectivity index (χ0v) is 9.19. The maximum absolute atomic E-state index is 11.4. The summed E-state index contributed by atoms with van der Waals surface area (Å²) < 4.78 is 4.58. The Labute approximate surface area is 97.0 Å². The van der Waals surface area contributed by atoms with Gasteiger partial charge in [-0.05, 0) is 19.1 Å². The maximum atomic E-state index is 11.4. The standard InChI is InChI=1S/C11H11N3O3/c1-2-17-11(16)10(15)12-9-7-5-3-4-6-8(7)13-14-9/h3-6H,2H2,1H3,(H2,12,13,14,15). The Morgan fingerprint density at radius 2 is 2.18 bits per heavy atom. The lowest BCUT2D eigenvalue weighted by Gasteiger charge is -2.01. The highest BCUT2D eigenvalue weighted by Crippen LogP contribution is 2.19. The number of hydrogen-bond donors (Lipinski definition) is 2. The van der Waals surface area contributed by atoms with Crippen LogP contribution in [0.3, 0.4) is 0 Å². The molecule has 0 unspecified atom stereocenters. The zero-order valence-electron chi connectivity index (χ0n) is 9.19. The fraction of sp³-hybridized carbons (Fsp3) is 0.182. The van der Waals surface area contributed by atoms with Crippen LogP contribution in [0.5, 0.6) is 0 Å². The molecule has 1 heterocycles. The van der Waals surface area contributed by atoms with Crippen molar-refractivity contribution in [1.29, 1.82) is 0 Å². The second-order valence-electron chi connectivity index (χ2n) is 3.29. The summed E-state index contributed by atoms with van der Waals surface area (Å²) in [6.45, 7) is 1.79. The maximum Gasteiger partial charge on any atom is 0.397 e. The summed E-state index contributed by atoms with van der Waals surface area (Å²) in [5, 5.41) is 9.80. The Balaban J connectivity index is 2.19. The number of hydrogen-bond acceptors (Lipinski definition) is 4. The van der Waals surface area contributed by atoms with E-state index in [-0.39, 0.29) is 6.61 Å². The van der Waals surface area contributed by atoms with E-state index in [9.17, 15) is 9.59 Å². The molecule has 2 aromatic rings. The molecule has 0 radical (unpaired) electrons. The molecule has 88 valence electrons. The number of benzene rings is 1. The molecule has 0 aliphatic rings. The first-order chi connectivity index (χ1) is 8.22. The third kappa shape index (κ3) is 2.25. The minimum atomic E-state index is -0.917. The Morgan fingerprint density at radius 1 is 1.41 bits per heavy atom. The number of nitrogens with one attached hydrogen (secondary N) is 2. The van der Waals surface area contributed by atoms with E-state index in [1.54, 1.807) is 13.0 Å². The number of amides is 1. The summed E-state index contributed by atoms with van der Waals surface area (Å²) >= 11 is 0. The summed E-state index contributed by atoms with van der Waals surface area (Å²) in [5.41, 5.74) is 0.784. The van der Waals surface area contributed by atoms with Crippen molar-refractivity contribution >= 4 is 28.6 Å². The zero-order chi connectivity index (χ0) is 12.3. The number of anilines is 1. The molecular formula is C11H11N3O3. The molecule has 0 aliphatic heterocycles. The van der Waals surface area contributed by atoms with Gasteiger partial charge in [-0.15, -0.1) is 0 Å². The van der Waals surface area contributed by atoms with E-state index in [0.717, 1.165) is 10.9 Å². The normalized spacial score (nSPS) is 10.2. The van der Waals surface area contributed by atoms with E-state index in [1.165, 1.54) is 0 Å². The van der Waals surface area contributed by atoms with E-state index in [2.05, 4.69) is 20.3 Å². The van der Waals surface area contributed by atoms with Gasteiger partial charge < -0.3 is 4.74 Å². The highest BCUT2D eigenvalue weighted by molar-refractivity contribution is 6.37. The Hall–Kier alpha value is -2.37. The molecule has 0 spiro atoms. The van der Waals surface area contributed by atoms with Gasteiger partial charge in [-0.25, -0.2) is 4.79 Å². The third-order valence-corrected chi connectivity index (χ3v) is 2.16. The van der Waals surface area contributed by atoms with Gasteiger partial charge in [-0.2, -0.15) is 5.10 Å². The molecule has 0 bridgehead atoms. The molecule has 6 heteroatoms. The van der Waals surface area contributed by atoms with Crippen LogP contribution in [-0.2, 0) is 14.3 Å². The van der Waals surface area contributed by atoms with Crippen LogP contribution in [0.25, 0.3) is 10.9 Å². The van der Waals surface area contributed by atoms with Crippen LogP contribution in [0.2, 0.25) is 0 Å². The highest BCUT2D eigenvalue weighted by atomic mass is 16.5. The average molecular weight is 233 g/mol. The van der Waals surface area contributed by atoms with Crippen molar-refractivity contribution in [3.8, 4) is 0 Å². The van der Waals surface area contributed by atoms with Crippen LogP contribution in [0.4, 0.5) is 5.82 Å². The van der Waals surface area contributed by atoms with Gasteiger partial charge in [0.1, 0.15) is 0 Å². The lowest BCUT2D eigenvalue weighted by atomic mass is 10.2. The topological polar surface area (TPSA) is 84.1 Å². The number of carbonyl (C=O) groups excluding carboxylic acids is 2. The number of aromatic nitrogens is 2. The van der Waals surface area contributed by atoms with E-state index in [4.69, 9.17) is 0 Å². The van der Waals surface area contributed by atoms with E-state index >= 15 is 0 Å². The van der Waals surface area contributed by atoms with Gasteiger partial charge in [0.15, 0.2) is 5.82 Å². The van der Waals surface area contributed by atoms with Gasteiger partial charge in [0.05, 0.1) is 12.1 Å². The number of nitrogens with zero attached hydrogens (tertiary/aromatic N) is 1. The smallest absolute Gasteiger partial charge is 0.397 e. The minimum Gasteiger partial charge on any atom is -0.459 e. The molecule has 0 aliphatic carbocycles. The van der Waals surface area contributed by atoms with Gasteiger partial charge in [0, 0.05) is 5.39 Å². The lowest BCUT2D eigenvalue weighted by Crippen LogP contribution is -2.25. The Bertz CT molecular complexity index is 562. The number of aromatic amines is 1. The van der Waals surface area contributed by atoms with E-state index < -0.39 is 11.9 Å². The van der Waals surface area contributed by atoms with Crippen molar-refractivity contribution in [2.45, 2.75) is 6.92 Å². The predicted molar refractivity (Wildman–Crippen MR) is 61.4 cm³/mol. The molecule has 1 aromatic carbocycles. The second kappa shape index (κ2) is 4.65. The summed E-state index contributed by atoms with van der Waals surface area (Å²) in [7, 11) is 0. The number of fused-ring (bicyclic) bond motifs is 1. The predicted octanol–water partition coefficient (Wildman–Crippen LogP) is 1.06. The number of H-pyrrole nitrogens is 1. The van der Waals surface area contributed by atoms with Crippen molar-refractivity contribution < 1.29 is 14.3 Å². The van der Waals surface area contributed by atoms with Crippen LogP contribution in [0.15, 0.2) is 24.3 Å². The molecule has 1 amide bonds. The van der Waals surface area contributed by atoms with Crippen LogP contribution >= 0.6 is 0 Å². The first kappa shape index (κ1) is 11.1. The van der Waals surface area contributed by atoms with Crippen molar-refractivity contribution in [3.63, 3.8) is 0 Å². The molecule has 2 rings (SSSR count). The molecule has 0 saturated heterocycles. The highest BCUT2D eigenvalue weighted by Gasteiger charge is 2.17. The molecule has 17 heavy (non-hydrogen) atoms. The monoisotopic (exact) mass is 233 g/mol. The van der Waals surface area contributed by atoms with Gasteiger partial charge >= 0.3 is 11.9 Å². The molecule has 0 atom stereocenters. The van der Waals surface area contributed by atoms with Gasteiger partial charge in [0.25, 0.3) is 0 Å². The second-order valence-corrected chi connectivity index (χ2v) is 3.29. The van der Waals surface area contributed by atoms with Gasteiger partial charge in [-0.3, -0.25) is 15.2 Å². The van der Waals surface area contributed by atoms with Gasteiger partial charge in [0.2, 0.25) is 0 Å². The van der Waals surface area contributed by atoms with Gasteiger partial charge in [-0.1, -0.05) is 12.1 Å². The van der Waals surface area contributed by atoms with E-state index in [1.807, 2.05) is 18.2 Å². The number of rotatable bonds is 2. The third-order valence-electron chi connectivity index (χ3n) is 2.16. The fourth-order valence-electron chi connectivity index (χ4n) is 1.41. The fourth-order valence-corrected chi connectivity index (χ4v) is 1.41. The molecular weight excluding hydrogens is 222 g/mol. The summed E-state index contributed by atoms with van der Waals surface area (Å²) in [6.07, 6.45) is 0. The number of esters is 1. The van der Waals surface area contributed by atoms with E-state index in [0.29, 0.717) is 5.82 Å². The van der Waals surface area contributed by atoms with Crippen molar-refractivity contribution in [1.82, 2.24) is 10.2 Å². The quantitative estimate of drug-likeness (QED) is 0.600. The van der Waals surface area contributed by atoms with Crippen LogP contribution < -0.4 is 5.32 Å². The molecule has 0 fully saturated rings. The first-order valence-electron chi connectivity index (χ1n) is 5.13. The number of para-hydroxylation sites is 1. The van der Waals surface area contributed by atoms with Crippen LogP contribution in [-0.4, -0.2) is 28.7 Å². The molecule has 1 aromatic heterocycles. The largest absolute Gasteiger partial charge is 0.459 e. The summed E-state index contributed by atoms with van der Waals surface area (Å²) in [6, 6.07) is 7.28. The van der Waals surface area contributed by atoms with Crippen molar-refractivity contribution in [2.75, 3.05) is 11.9 Å². The SMILES string of the molecule is CCOC(=O)C(=O)Nc1n[nH]c2ccccc12. The van der Waals surface area contributed by atoms with Crippen molar-refractivity contribution in [3.05, 3.63) is 24.3 Å². The average Bonchev–Trinajstić information content (AvgIpc) is 2.73. The molecule has 0 saturated carbocycles. The first-order valence-corrected chi connectivity index (χ1v) is 5.13. The number of carbonyl (C=O) groups is 2. The minimum absolute atomic E-state index is 0.160. The van der Waals surface area contributed by atoms with Crippen LogP contribution in [0, 0.1) is 0 Å². The lowest BCUT2D eigenvalue weighted by molar-refractivity contribution is -0.152. The number of ether oxygens (including phenoxy) is 1. The summed E-state index contributed by atoms with van der Waals surface area (Å²) in [5.74, 6) is -1.43. The Kier molecular flexibility index (Phi) is 3.04. The van der Waals surface area contributed by atoms with Crippen LogP contribution in [0.1, 0.15) is 6.92 Å². The summed E-state index contributed by atoms with van der Waals surface area (Å²) in [4.78, 5) is 22.5. The Morgan fingerprint density at radius 3 is 2.94 bits per heavy atom. The molecule has 2 N–H and O–H groups in total.